The van der Waals surface area contributed by atoms with E-state index in [4.69, 9.17) is 9.84 Å². The Hall–Kier alpha value is -5.13. The van der Waals surface area contributed by atoms with Crippen LogP contribution >= 0.6 is 0 Å². The Kier molecular flexibility index (Phi) is 24.0. The normalized spacial score (nSPS) is 21.2. The third-order valence-electron chi connectivity index (χ3n) is 14.5. The Morgan fingerprint density at radius 2 is 1.54 bits per heavy atom. The Bertz CT molecular complexity index is 2740. The number of likely N-dealkylation sites (N-methyl/N-ethyl adjacent to an activating group) is 1. The number of aromatic nitrogens is 2. The highest BCUT2D eigenvalue weighted by atomic mass is 32.2. The van der Waals surface area contributed by atoms with Gasteiger partial charge in [-0.05, 0) is 144 Å². The van der Waals surface area contributed by atoms with Gasteiger partial charge in [-0.3, -0.25) is 14.9 Å². The maximum atomic E-state index is 12.4. The summed E-state index contributed by atoms with van der Waals surface area (Å²) in [7, 11) is 2.56. The zero-order valence-electron chi connectivity index (χ0n) is 46.7. The van der Waals surface area contributed by atoms with E-state index in [0.717, 1.165) is 89.0 Å². The molecule has 2 bridgehead atoms. The summed E-state index contributed by atoms with van der Waals surface area (Å²) >= 11 is 0. The molecule has 10 atom stereocenters. The molecule has 4 aliphatic rings. The van der Waals surface area contributed by atoms with E-state index in [2.05, 4.69) is 36.8 Å². The number of aliphatic hydroxyl groups is 5. The molecule has 4 aromatic carbocycles. The molecule has 0 aliphatic carbocycles. The van der Waals surface area contributed by atoms with Gasteiger partial charge in [0.15, 0.2) is 0 Å². The van der Waals surface area contributed by atoms with Crippen molar-refractivity contribution in [3.05, 3.63) is 156 Å². The number of benzene rings is 4. The first kappa shape index (κ1) is 61.7. The summed E-state index contributed by atoms with van der Waals surface area (Å²) in [5.41, 5.74) is 4.36. The van der Waals surface area contributed by atoms with Gasteiger partial charge in [0.05, 0.1) is 63.9 Å². The standard InChI is InChI=1S/C20H26N2O2.C16H19NO.C11H17NO2S.C10H15NO.C5H11NO/c1-3-13-12-22-9-7-14(13)10-19(22)20(23)16-6-8-21-18-5-4-15(24-2)11-17(16)18;1-16(2,3)15(18)14-11-7-10-13(17-14)12-8-5-4-6-9-12;1-11(2,13)9-15(14,12-3)10-7-5-4-6-8-10;1-8(11-2)10(12)9-6-4-3-5-7-9;7-4-5-2-1-3-6-5/h4-6,8,11,13-14,19-20,23H,3,7,9-10,12H2,1-2H3;4-11,15,18H,1-3H3;4-8,13H,9H2,1-3H3;3-8,10-12H,1-2H3;5-7H,1-4H2/t13?,14?,19?,20-;15-;;8-,10-;5-/m11.00/s1. The Morgan fingerprint density at radius 1 is 0.882 bits per heavy atom. The van der Waals surface area contributed by atoms with Gasteiger partial charge >= 0.3 is 0 Å². The zero-order chi connectivity index (χ0) is 55.5. The summed E-state index contributed by atoms with van der Waals surface area (Å²) in [6.07, 6.45) is 6.38. The molecule has 2 aromatic heterocycles. The van der Waals surface area contributed by atoms with E-state index in [1.54, 1.807) is 39.3 Å². The van der Waals surface area contributed by atoms with E-state index >= 15 is 0 Å². The van der Waals surface area contributed by atoms with Gasteiger partial charge in [0.1, 0.15) is 11.9 Å². The van der Waals surface area contributed by atoms with Crippen LogP contribution in [0.1, 0.15) is 116 Å². The number of nitrogens with one attached hydrogen (secondary N) is 2. The number of pyridine rings is 2. The van der Waals surface area contributed by atoms with Gasteiger partial charge in [0, 0.05) is 53.8 Å². The topological polar surface area (TPSA) is 193 Å². The third-order valence-corrected chi connectivity index (χ3v) is 17.2. The fraction of sp³-hybridized carbons (Fsp3) is 0.484. The first-order valence-corrected chi connectivity index (χ1v) is 28.6. The number of hydrogen-bond acceptors (Lipinski definition) is 13. The molecule has 4 fully saturated rings. The number of ether oxygens (including phenoxy) is 1. The van der Waals surface area contributed by atoms with Crippen LogP contribution in [0.5, 0.6) is 5.75 Å². The highest BCUT2D eigenvalue weighted by molar-refractivity contribution is 7.93. The highest BCUT2D eigenvalue weighted by Crippen LogP contribution is 2.43. The summed E-state index contributed by atoms with van der Waals surface area (Å²) in [6.45, 7) is 17.2. The van der Waals surface area contributed by atoms with Gasteiger partial charge in [-0.15, -0.1) is 0 Å². The smallest absolute Gasteiger partial charge is 0.119 e. The lowest BCUT2D eigenvalue weighted by atomic mass is 9.72. The maximum Gasteiger partial charge on any atom is 0.119 e. The summed E-state index contributed by atoms with van der Waals surface area (Å²) in [5.74, 6) is 2.53. The van der Waals surface area contributed by atoms with Crippen molar-refractivity contribution < 1.29 is 34.5 Å². The number of piperidine rings is 3. The van der Waals surface area contributed by atoms with Gasteiger partial charge in [0.2, 0.25) is 0 Å². The second kappa shape index (κ2) is 29.6. The van der Waals surface area contributed by atoms with Crippen molar-refractivity contribution in [3.63, 3.8) is 0 Å². The van der Waals surface area contributed by atoms with Crippen LogP contribution in [-0.4, -0.2) is 122 Å². The van der Waals surface area contributed by atoms with Gasteiger partial charge in [-0.25, -0.2) is 8.57 Å². The molecule has 0 spiro atoms. The van der Waals surface area contributed by atoms with E-state index in [9.17, 15) is 24.6 Å². The van der Waals surface area contributed by atoms with Gasteiger partial charge in [-0.1, -0.05) is 119 Å². The fourth-order valence-electron chi connectivity index (χ4n) is 9.90. The van der Waals surface area contributed by atoms with Crippen LogP contribution < -0.4 is 15.4 Å². The van der Waals surface area contributed by atoms with Crippen molar-refractivity contribution in [2.24, 2.45) is 21.6 Å². The van der Waals surface area contributed by atoms with E-state index in [1.165, 1.54) is 26.3 Å². The van der Waals surface area contributed by atoms with Gasteiger partial charge < -0.3 is 40.9 Å². The van der Waals surface area contributed by atoms with E-state index in [0.29, 0.717) is 17.5 Å². The molecule has 76 heavy (non-hydrogen) atoms. The third kappa shape index (κ3) is 18.0. The van der Waals surface area contributed by atoms with Crippen LogP contribution in [0.3, 0.4) is 0 Å². The van der Waals surface area contributed by atoms with Crippen molar-refractivity contribution >= 4 is 20.6 Å². The number of hydrogen-bond donors (Lipinski definition) is 7. The van der Waals surface area contributed by atoms with Gasteiger partial charge in [0.25, 0.3) is 0 Å². The fourth-order valence-corrected chi connectivity index (χ4v) is 11.9. The lowest BCUT2D eigenvalue weighted by molar-refractivity contribution is -0.0562. The number of rotatable bonds is 13. The second-order valence-corrected chi connectivity index (χ2v) is 24.2. The lowest BCUT2D eigenvalue weighted by Crippen LogP contribution is -2.55. The van der Waals surface area contributed by atoms with Crippen LogP contribution in [0, 0.1) is 17.3 Å². The molecule has 14 heteroatoms. The summed E-state index contributed by atoms with van der Waals surface area (Å²) in [6, 6.07) is 43.1. The molecule has 0 saturated carbocycles. The summed E-state index contributed by atoms with van der Waals surface area (Å²) in [4.78, 5) is 12.2. The number of aliphatic hydroxyl groups excluding tert-OH is 4. The molecule has 4 saturated heterocycles. The minimum atomic E-state index is -2.49. The molecule has 5 unspecified atom stereocenters. The molecule has 10 rings (SSSR count). The molecule has 414 valence electrons. The quantitative estimate of drug-likeness (QED) is 0.0580. The molecule has 6 aromatic rings. The average molecular weight is 1060 g/mol. The Labute approximate surface area is 454 Å². The van der Waals surface area contributed by atoms with E-state index < -0.39 is 33.6 Å². The molecule has 0 amide bonds. The molecule has 13 nitrogen and oxygen atoms in total. The minimum absolute atomic E-state index is 0.0902. The molecule has 4 aliphatic heterocycles. The van der Waals surface area contributed by atoms with E-state index in [1.807, 2.05) is 156 Å². The average Bonchev–Trinajstić information content (AvgIpc) is 4.00. The number of methoxy groups -OCH3 is 1. The summed E-state index contributed by atoms with van der Waals surface area (Å²) in [5, 5.41) is 56.5. The first-order valence-electron chi connectivity index (χ1n) is 27.0. The predicted molar refractivity (Wildman–Crippen MR) is 310 cm³/mol. The maximum absolute atomic E-state index is 12.4. The van der Waals surface area contributed by atoms with Crippen LogP contribution in [-0.2, 0) is 9.73 Å². The monoisotopic (exact) mass is 1060 g/mol. The molecule has 7 N–H and O–H groups in total. The Morgan fingerprint density at radius 3 is 2.07 bits per heavy atom. The van der Waals surface area contributed by atoms with Crippen molar-refractivity contribution in [2.75, 3.05) is 53.2 Å². The number of nitrogens with zero attached hydrogens (tertiary/aromatic N) is 4. The van der Waals surface area contributed by atoms with Crippen LogP contribution in [0.25, 0.3) is 22.2 Å². The van der Waals surface area contributed by atoms with Crippen molar-refractivity contribution in [1.29, 1.82) is 0 Å². The zero-order valence-corrected chi connectivity index (χ0v) is 47.5. The van der Waals surface area contributed by atoms with E-state index in [-0.39, 0.29) is 23.3 Å². The van der Waals surface area contributed by atoms with Crippen LogP contribution in [0.15, 0.2) is 149 Å². The van der Waals surface area contributed by atoms with Crippen molar-refractivity contribution in [3.8, 4) is 17.0 Å². The Balaban J connectivity index is 0.000000184. The highest BCUT2D eigenvalue weighted by Gasteiger charge is 2.42. The summed E-state index contributed by atoms with van der Waals surface area (Å²) < 4.78 is 21.7. The van der Waals surface area contributed by atoms with Gasteiger partial charge in [-0.2, -0.15) is 0 Å². The SMILES string of the molecule is CC(C)(C)[C@H](O)c1cccc(-c2ccccc2)n1.CCC1CN2CCC1CC2[C@H](O)c1ccnc2ccc(OC)cc12.CN=S(=O)(CC(C)(C)O)c1ccccc1.CN[C@@H](C)[C@H](O)c1ccccc1.OC[C@@H]1CCCN1. The molecular weight excluding hydrogens is 973 g/mol. The molecule has 0 radical (unpaired) electrons. The first-order chi connectivity index (χ1) is 36.2. The second-order valence-electron chi connectivity index (χ2n) is 21.8. The number of fused-ring (bicyclic) bond motifs is 4. The predicted octanol–water partition coefficient (Wildman–Crippen LogP) is 10.2. The lowest BCUT2D eigenvalue weighted by Gasteiger charge is -2.51. The molecule has 6 heterocycles. The van der Waals surface area contributed by atoms with Crippen LogP contribution in [0.2, 0.25) is 0 Å². The van der Waals surface area contributed by atoms with Crippen molar-refractivity contribution in [1.82, 2.24) is 25.5 Å². The van der Waals surface area contributed by atoms with Crippen molar-refractivity contribution in [2.45, 2.75) is 128 Å². The van der Waals surface area contributed by atoms with Crippen LogP contribution in [0.4, 0.5) is 0 Å². The largest absolute Gasteiger partial charge is 0.497 e. The molecular formula is C62H88N6O7S. The minimum Gasteiger partial charge on any atom is -0.497 e.